The summed E-state index contributed by atoms with van der Waals surface area (Å²) in [5.74, 6) is -0.378. The molecule has 102 valence electrons. The maximum atomic E-state index is 11.8. The minimum absolute atomic E-state index is 0.129. The van der Waals surface area contributed by atoms with E-state index in [4.69, 9.17) is 5.73 Å². The molecule has 0 radical (unpaired) electrons. The lowest BCUT2D eigenvalue weighted by molar-refractivity contribution is -0.119. The van der Waals surface area contributed by atoms with Crippen molar-refractivity contribution in [2.45, 2.75) is 19.0 Å². The molecular weight excluding hydrogens is 244 g/mol. The Balaban J connectivity index is 1.86. The number of nitrogens with one attached hydrogen (secondary N) is 2. The lowest BCUT2D eigenvalue weighted by Crippen LogP contribution is -2.48. The summed E-state index contributed by atoms with van der Waals surface area (Å²) in [6, 6.07) is 8.95. The van der Waals surface area contributed by atoms with Crippen LogP contribution >= 0.6 is 0 Å². The highest BCUT2D eigenvalue weighted by atomic mass is 16.2. The molecular formula is C13H18N4O2. The minimum Gasteiger partial charge on any atom is -0.369 e. The zero-order valence-corrected chi connectivity index (χ0v) is 10.6. The number of para-hydroxylation sites is 1. The molecule has 1 aromatic rings. The molecule has 0 spiro atoms. The fraction of sp³-hybridized carbons (Fsp3) is 0.385. The van der Waals surface area contributed by atoms with Gasteiger partial charge in [0, 0.05) is 12.2 Å². The van der Waals surface area contributed by atoms with Crippen LogP contribution in [0.4, 0.5) is 10.5 Å². The van der Waals surface area contributed by atoms with Crippen LogP contribution in [0, 0.1) is 0 Å². The molecule has 19 heavy (non-hydrogen) atoms. The largest absolute Gasteiger partial charge is 0.369 e. The van der Waals surface area contributed by atoms with Crippen LogP contribution in [0.5, 0.6) is 0 Å². The van der Waals surface area contributed by atoms with Gasteiger partial charge in [-0.3, -0.25) is 9.69 Å². The number of carbonyl (C=O) groups is 2. The number of urea groups is 1. The van der Waals surface area contributed by atoms with Crippen molar-refractivity contribution in [2.75, 3.05) is 18.4 Å². The maximum absolute atomic E-state index is 11.8. The number of primary amides is 1. The number of nitrogens with zero attached hydrogens (tertiary/aromatic N) is 1. The summed E-state index contributed by atoms with van der Waals surface area (Å²) in [5.41, 5.74) is 5.92. The van der Waals surface area contributed by atoms with Gasteiger partial charge in [-0.1, -0.05) is 18.2 Å². The first kappa shape index (κ1) is 13.4. The topological polar surface area (TPSA) is 87.5 Å². The standard InChI is InChI=1S/C13H18N4O2/c14-11(18)9-17-8-4-7-12(17)16-13(19)15-10-5-2-1-3-6-10/h1-3,5-6,12H,4,7-9H2,(H2,14,18)(H2,15,16,19). The molecule has 0 saturated carbocycles. The molecule has 1 atom stereocenters. The average Bonchev–Trinajstić information content (AvgIpc) is 2.77. The molecule has 1 fully saturated rings. The normalized spacial score (nSPS) is 19.1. The smallest absolute Gasteiger partial charge is 0.320 e. The third kappa shape index (κ3) is 3.96. The number of anilines is 1. The molecule has 1 unspecified atom stereocenters. The summed E-state index contributed by atoms with van der Waals surface area (Å²) in [6.07, 6.45) is 1.65. The summed E-state index contributed by atoms with van der Waals surface area (Å²) < 4.78 is 0. The van der Waals surface area contributed by atoms with Gasteiger partial charge in [0.05, 0.1) is 12.7 Å². The van der Waals surface area contributed by atoms with E-state index in [1.165, 1.54) is 0 Å². The van der Waals surface area contributed by atoms with E-state index in [9.17, 15) is 9.59 Å². The van der Waals surface area contributed by atoms with E-state index >= 15 is 0 Å². The second kappa shape index (κ2) is 6.19. The van der Waals surface area contributed by atoms with E-state index in [0.717, 1.165) is 25.1 Å². The van der Waals surface area contributed by atoms with Crippen molar-refractivity contribution in [2.24, 2.45) is 5.73 Å². The van der Waals surface area contributed by atoms with Crippen molar-refractivity contribution in [3.8, 4) is 0 Å². The van der Waals surface area contributed by atoms with Crippen molar-refractivity contribution in [3.05, 3.63) is 30.3 Å². The summed E-state index contributed by atoms with van der Waals surface area (Å²) in [5, 5.41) is 5.60. The molecule has 1 aliphatic rings. The summed E-state index contributed by atoms with van der Waals surface area (Å²) in [4.78, 5) is 24.6. The summed E-state index contributed by atoms with van der Waals surface area (Å²) in [6.45, 7) is 0.954. The van der Waals surface area contributed by atoms with Gasteiger partial charge in [-0.15, -0.1) is 0 Å². The number of rotatable bonds is 4. The Bertz CT molecular complexity index is 449. The second-order valence-corrected chi connectivity index (χ2v) is 4.56. The van der Waals surface area contributed by atoms with Crippen LogP contribution < -0.4 is 16.4 Å². The number of hydrogen-bond donors (Lipinski definition) is 3. The van der Waals surface area contributed by atoms with Gasteiger partial charge in [0.2, 0.25) is 5.91 Å². The number of likely N-dealkylation sites (tertiary alicyclic amines) is 1. The molecule has 6 heteroatoms. The van der Waals surface area contributed by atoms with E-state index in [1.54, 1.807) is 0 Å². The molecule has 0 aliphatic carbocycles. The number of nitrogens with two attached hydrogens (primary N) is 1. The molecule has 6 nitrogen and oxygen atoms in total. The third-order valence-corrected chi connectivity index (χ3v) is 3.05. The van der Waals surface area contributed by atoms with Crippen LogP contribution in [0.2, 0.25) is 0 Å². The van der Waals surface area contributed by atoms with Gasteiger partial charge in [0.1, 0.15) is 0 Å². The fourth-order valence-corrected chi connectivity index (χ4v) is 2.22. The maximum Gasteiger partial charge on any atom is 0.320 e. The van der Waals surface area contributed by atoms with Crippen LogP contribution in [0.25, 0.3) is 0 Å². The highest BCUT2D eigenvalue weighted by molar-refractivity contribution is 5.89. The predicted octanol–water partition coefficient (Wildman–Crippen LogP) is 0.715. The molecule has 4 N–H and O–H groups in total. The number of benzene rings is 1. The molecule has 1 heterocycles. The van der Waals surface area contributed by atoms with E-state index in [1.807, 2.05) is 35.2 Å². The van der Waals surface area contributed by atoms with Gasteiger partial charge in [0.25, 0.3) is 0 Å². The summed E-state index contributed by atoms with van der Waals surface area (Å²) in [7, 11) is 0. The van der Waals surface area contributed by atoms with Crippen molar-refractivity contribution >= 4 is 17.6 Å². The monoisotopic (exact) mass is 262 g/mol. The van der Waals surface area contributed by atoms with E-state index in [0.29, 0.717) is 0 Å². The molecule has 2 rings (SSSR count). The third-order valence-electron chi connectivity index (χ3n) is 3.05. The Hall–Kier alpha value is -2.08. The zero-order valence-electron chi connectivity index (χ0n) is 10.6. The Kier molecular flexibility index (Phi) is 4.35. The zero-order chi connectivity index (χ0) is 13.7. The predicted molar refractivity (Wildman–Crippen MR) is 72.4 cm³/mol. The van der Waals surface area contributed by atoms with Gasteiger partial charge >= 0.3 is 6.03 Å². The molecule has 1 saturated heterocycles. The second-order valence-electron chi connectivity index (χ2n) is 4.56. The van der Waals surface area contributed by atoms with E-state index < -0.39 is 0 Å². The molecule has 3 amide bonds. The molecule has 0 aromatic heterocycles. The van der Waals surface area contributed by atoms with Gasteiger partial charge in [-0.2, -0.15) is 0 Å². The minimum atomic E-state index is -0.378. The first-order chi connectivity index (χ1) is 9.15. The van der Waals surface area contributed by atoms with Crippen LogP contribution in [0.15, 0.2) is 30.3 Å². The first-order valence-corrected chi connectivity index (χ1v) is 6.30. The van der Waals surface area contributed by atoms with Crippen LogP contribution in [-0.4, -0.2) is 36.1 Å². The highest BCUT2D eigenvalue weighted by Gasteiger charge is 2.26. The molecule has 1 aromatic carbocycles. The lowest BCUT2D eigenvalue weighted by atomic mass is 10.3. The number of hydrogen-bond acceptors (Lipinski definition) is 3. The highest BCUT2D eigenvalue weighted by Crippen LogP contribution is 2.14. The van der Waals surface area contributed by atoms with Gasteiger partial charge < -0.3 is 16.4 Å². The average molecular weight is 262 g/mol. The molecule has 0 bridgehead atoms. The van der Waals surface area contributed by atoms with E-state index in [2.05, 4.69) is 10.6 Å². The Labute approximate surface area is 112 Å². The van der Waals surface area contributed by atoms with Crippen LogP contribution in [0.1, 0.15) is 12.8 Å². The summed E-state index contributed by atoms with van der Waals surface area (Å²) >= 11 is 0. The van der Waals surface area contributed by atoms with Crippen LogP contribution in [0.3, 0.4) is 0 Å². The van der Waals surface area contributed by atoms with Crippen molar-refractivity contribution in [1.29, 1.82) is 0 Å². The SMILES string of the molecule is NC(=O)CN1CCCC1NC(=O)Nc1ccccc1. The Morgan fingerprint density at radius 3 is 2.74 bits per heavy atom. The van der Waals surface area contributed by atoms with Crippen molar-refractivity contribution < 1.29 is 9.59 Å². The number of amides is 3. The van der Waals surface area contributed by atoms with E-state index in [-0.39, 0.29) is 24.6 Å². The first-order valence-electron chi connectivity index (χ1n) is 6.30. The van der Waals surface area contributed by atoms with Gasteiger partial charge in [-0.25, -0.2) is 4.79 Å². The lowest BCUT2D eigenvalue weighted by Gasteiger charge is -2.23. The van der Waals surface area contributed by atoms with Crippen molar-refractivity contribution in [1.82, 2.24) is 10.2 Å². The Morgan fingerprint density at radius 1 is 1.32 bits per heavy atom. The van der Waals surface area contributed by atoms with Gasteiger partial charge in [-0.05, 0) is 25.0 Å². The fourth-order valence-electron chi connectivity index (χ4n) is 2.22. The molecule has 1 aliphatic heterocycles. The Morgan fingerprint density at radius 2 is 2.05 bits per heavy atom. The van der Waals surface area contributed by atoms with Crippen LogP contribution in [-0.2, 0) is 4.79 Å². The number of carbonyl (C=O) groups excluding carboxylic acids is 2. The quantitative estimate of drug-likeness (QED) is 0.747. The van der Waals surface area contributed by atoms with Crippen molar-refractivity contribution in [3.63, 3.8) is 0 Å². The van der Waals surface area contributed by atoms with Gasteiger partial charge in [0.15, 0.2) is 0 Å².